The summed E-state index contributed by atoms with van der Waals surface area (Å²) >= 11 is 0. The molecule has 0 aliphatic rings. The molecule has 130 valence electrons. The lowest BCUT2D eigenvalue weighted by Crippen LogP contribution is -2.06. The third-order valence-electron chi connectivity index (χ3n) is 4.02. The molecule has 0 bridgehead atoms. The molecule has 0 spiro atoms. The van der Waals surface area contributed by atoms with E-state index in [0.717, 1.165) is 28.0 Å². The first kappa shape index (κ1) is 17.2. The molecule has 0 saturated carbocycles. The fourth-order valence-corrected chi connectivity index (χ4v) is 3.55. The normalized spacial score (nSPS) is 11.5. The highest BCUT2D eigenvalue weighted by molar-refractivity contribution is 7.91. The zero-order chi connectivity index (χ0) is 18.0. The van der Waals surface area contributed by atoms with E-state index >= 15 is 0 Å². The second-order valence-corrected chi connectivity index (χ2v) is 7.95. The van der Waals surface area contributed by atoms with Crippen LogP contribution in [0.25, 0.3) is 10.9 Å². The maximum Gasteiger partial charge on any atom is 0.229 e. The number of aryl methyl sites for hydroxylation is 1. The minimum atomic E-state index is -3.22. The van der Waals surface area contributed by atoms with Crippen LogP contribution in [0.1, 0.15) is 12.5 Å². The van der Waals surface area contributed by atoms with E-state index in [-0.39, 0.29) is 5.75 Å². The van der Waals surface area contributed by atoms with Gasteiger partial charge < -0.3 is 10.6 Å². The number of rotatable bonds is 5. The Labute approximate surface area is 147 Å². The van der Waals surface area contributed by atoms with Crippen LogP contribution in [0.3, 0.4) is 0 Å². The van der Waals surface area contributed by atoms with Gasteiger partial charge in [-0.05, 0) is 42.8 Å². The van der Waals surface area contributed by atoms with Crippen molar-refractivity contribution in [2.24, 2.45) is 0 Å². The number of hydrogen-bond donors (Lipinski definition) is 2. The Morgan fingerprint density at radius 1 is 1.08 bits per heavy atom. The first-order valence-corrected chi connectivity index (χ1v) is 9.65. The maximum absolute atomic E-state index is 12.0. The Hall–Kier alpha value is -2.67. The molecule has 25 heavy (non-hydrogen) atoms. The van der Waals surface area contributed by atoms with Gasteiger partial charge in [0.2, 0.25) is 5.95 Å². The number of anilines is 3. The van der Waals surface area contributed by atoms with Gasteiger partial charge >= 0.3 is 0 Å². The molecule has 6 nitrogen and oxygen atoms in total. The molecule has 0 aliphatic carbocycles. The van der Waals surface area contributed by atoms with Gasteiger partial charge in [-0.2, -0.15) is 4.98 Å². The maximum atomic E-state index is 12.0. The predicted octanol–water partition coefficient (Wildman–Crippen LogP) is 3.52. The lowest BCUT2D eigenvalue weighted by Gasteiger charge is -2.12. The van der Waals surface area contributed by atoms with E-state index in [1.165, 1.54) is 0 Å². The second-order valence-electron chi connectivity index (χ2n) is 5.67. The topological polar surface area (TPSA) is 84.0 Å². The average molecular weight is 356 g/mol. The van der Waals surface area contributed by atoms with Gasteiger partial charge in [-0.3, -0.25) is 0 Å². The Bertz CT molecular complexity index is 1030. The van der Waals surface area contributed by atoms with Crippen molar-refractivity contribution in [2.45, 2.75) is 18.7 Å². The van der Waals surface area contributed by atoms with Gasteiger partial charge in [0, 0.05) is 18.1 Å². The molecule has 3 rings (SSSR count). The summed E-state index contributed by atoms with van der Waals surface area (Å²) in [5.41, 5.74) is 2.41. The van der Waals surface area contributed by atoms with Crippen LogP contribution >= 0.6 is 0 Å². The molecule has 1 aromatic heterocycles. The molecule has 0 amide bonds. The molecule has 7 heteroatoms. The van der Waals surface area contributed by atoms with Gasteiger partial charge in [-0.1, -0.05) is 19.1 Å². The average Bonchev–Trinajstić information content (AvgIpc) is 2.62. The van der Waals surface area contributed by atoms with Gasteiger partial charge in [0.15, 0.2) is 9.84 Å². The summed E-state index contributed by atoms with van der Waals surface area (Å²) in [6.07, 6.45) is 0. The van der Waals surface area contributed by atoms with Crippen LogP contribution in [-0.2, 0) is 9.84 Å². The minimum Gasteiger partial charge on any atom is -0.372 e. The summed E-state index contributed by atoms with van der Waals surface area (Å²) in [6, 6.07) is 12.8. The lowest BCUT2D eigenvalue weighted by atomic mass is 10.2. The third kappa shape index (κ3) is 3.41. The molecular formula is C18H20N4O2S. The number of nitrogens with zero attached hydrogens (tertiary/aromatic N) is 2. The quantitative estimate of drug-likeness (QED) is 0.728. The van der Waals surface area contributed by atoms with Crippen LogP contribution in [0, 0.1) is 6.92 Å². The number of para-hydroxylation sites is 1. The predicted molar refractivity (Wildman–Crippen MR) is 101 cm³/mol. The van der Waals surface area contributed by atoms with E-state index in [2.05, 4.69) is 20.6 Å². The molecule has 2 N–H and O–H groups in total. The Morgan fingerprint density at radius 2 is 1.84 bits per heavy atom. The summed E-state index contributed by atoms with van der Waals surface area (Å²) in [5.74, 6) is 1.27. The van der Waals surface area contributed by atoms with Crippen molar-refractivity contribution < 1.29 is 8.42 Å². The van der Waals surface area contributed by atoms with Crippen molar-refractivity contribution >= 4 is 38.2 Å². The molecule has 0 saturated heterocycles. The van der Waals surface area contributed by atoms with Gasteiger partial charge in [0.1, 0.15) is 5.82 Å². The van der Waals surface area contributed by atoms with Crippen molar-refractivity contribution in [1.29, 1.82) is 0 Å². The Kier molecular flexibility index (Phi) is 4.59. The van der Waals surface area contributed by atoms with Crippen molar-refractivity contribution in [1.82, 2.24) is 9.97 Å². The number of fused-ring (bicyclic) bond motifs is 1. The Morgan fingerprint density at radius 3 is 2.52 bits per heavy atom. The summed E-state index contributed by atoms with van der Waals surface area (Å²) in [5, 5.41) is 7.20. The highest BCUT2D eigenvalue weighted by Crippen LogP contribution is 2.26. The summed E-state index contributed by atoms with van der Waals surface area (Å²) in [7, 11) is -1.41. The summed E-state index contributed by atoms with van der Waals surface area (Å²) < 4.78 is 24.0. The van der Waals surface area contributed by atoms with Gasteiger partial charge in [-0.25, -0.2) is 13.4 Å². The molecule has 0 fully saturated rings. The first-order valence-electron chi connectivity index (χ1n) is 7.99. The third-order valence-corrected chi connectivity index (χ3v) is 5.76. The number of sulfone groups is 1. The number of hydrogen-bond acceptors (Lipinski definition) is 6. The molecular weight excluding hydrogens is 336 g/mol. The van der Waals surface area contributed by atoms with Crippen LogP contribution in [0.15, 0.2) is 47.4 Å². The Balaban J connectivity index is 1.99. The van der Waals surface area contributed by atoms with Crippen molar-refractivity contribution in [3.05, 3.63) is 48.0 Å². The van der Waals surface area contributed by atoms with E-state index in [1.807, 2.05) is 38.2 Å². The molecule has 3 aromatic rings. The first-order chi connectivity index (χ1) is 11.9. The monoisotopic (exact) mass is 356 g/mol. The highest BCUT2D eigenvalue weighted by Gasteiger charge is 2.13. The largest absolute Gasteiger partial charge is 0.372 e. The smallest absolute Gasteiger partial charge is 0.229 e. The summed E-state index contributed by atoms with van der Waals surface area (Å²) in [4.78, 5) is 9.35. The number of nitrogens with one attached hydrogen (secondary N) is 2. The van der Waals surface area contributed by atoms with Gasteiger partial charge in [0.25, 0.3) is 0 Å². The van der Waals surface area contributed by atoms with Crippen molar-refractivity contribution in [3.63, 3.8) is 0 Å². The SMILES string of the molecule is CCS(=O)(=O)c1ccc(Nc2nc(NC)c3ccccc3n2)c(C)c1. The number of benzene rings is 2. The fourth-order valence-electron chi connectivity index (χ4n) is 2.58. The molecule has 0 aliphatic heterocycles. The van der Waals surface area contributed by atoms with Crippen LogP contribution < -0.4 is 10.6 Å². The van der Waals surface area contributed by atoms with E-state index in [0.29, 0.717) is 10.8 Å². The second kappa shape index (κ2) is 6.68. The van der Waals surface area contributed by atoms with E-state index in [4.69, 9.17) is 0 Å². The van der Waals surface area contributed by atoms with Crippen molar-refractivity contribution in [3.8, 4) is 0 Å². The fraction of sp³-hybridized carbons (Fsp3) is 0.222. The minimum absolute atomic E-state index is 0.0819. The number of aromatic nitrogens is 2. The lowest BCUT2D eigenvalue weighted by molar-refractivity contribution is 0.597. The van der Waals surface area contributed by atoms with E-state index in [9.17, 15) is 8.42 Å². The molecule has 0 radical (unpaired) electrons. The molecule has 1 heterocycles. The zero-order valence-electron chi connectivity index (χ0n) is 14.4. The highest BCUT2D eigenvalue weighted by atomic mass is 32.2. The van der Waals surface area contributed by atoms with Gasteiger partial charge in [0.05, 0.1) is 16.2 Å². The van der Waals surface area contributed by atoms with Crippen molar-refractivity contribution in [2.75, 3.05) is 23.4 Å². The molecule has 0 atom stereocenters. The van der Waals surface area contributed by atoms with E-state index < -0.39 is 9.84 Å². The van der Waals surface area contributed by atoms with Crippen LogP contribution in [0.4, 0.5) is 17.5 Å². The van der Waals surface area contributed by atoms with Crippen LogP contribution in [0.2, 0.25) is 0 Å². The van der Waals surface area contributed by atoms with Crippen LogP contribution in [-0.4, -0.2) is 31.2 Å². The van der Waals surface area contributed by atoms with Gasteiger partial charge in [-0.15, -0.1) is 0 Å². The standard InChI is InChI=1S/C18H20N4O2S/c1-4-25(23,24)13-9-10-15(12(2)11-13)20-18-21-16-8-6-5-7-14(16)17(19-3)22-18/h5-11H,4H2,1-3H3,(H2,19,20,21,22). The van der Waals surface area contributed by atoms with Crippen LogP contribution in [0.5, 0.6) is 0 Å². The van der Waals surface area contributed by atoms with E-state index in [1.54, 1.807) is 25.1 Å². The zero-order valence-corrected chi connectivity index (χ0v) is 15.2. The molecule has 0 unspecified atom stereocenters. The summed E-state index contributed by atoms with van der Waals surface area (Å²) in [6.45, 7) is 3.50. The molecule has 2 aromatic carbocycles.